The summed E-state index contributed by atoms with van der Waals surface area (Å²) in [6, 6.07) is 7.37. The van der Waals surface area contributed by atoms with Crippen LogP contribution in [0.4, 0.5) is 13.2 Å². The molecule has 0 saturated carbocycles. The average Bonchev–Trinajstić information content (AvgIpc) is 3.09. The van der Waals surface area contributed by atoms with Crippen molar-refractivity contribution in [2.75, 3.05) is 13.1 Å². The smallest absolute Gasteiger partial charge is 0.478 e. The van der Waals surface area contributed by atoms with E-state index in [0.29, 0.717) is 11.5 Å². The number of alkyl halides is 3. The minimum Gasteiger partial charge on any atom is -0.478 e. The van der Waals surface area contributed by atoms with Gasteiger partial charge < -0.3 is 10.2 Å². The van der Waals surface area contributed by atoms with Gasteiger partial charge in [-0.05, 0) is 49.7 Å². The van der Waals surface area contributed by atoms with Gasteiger partial charge in [-0.3, -0.25) is 9.58 Å². The number of carbonyl (C=O) groups is 2. The fourth-order valence-electron chi connectivity index (χ4n) is 3.22. The minimum atomic E-state index is -5.08. The summed E-state index contributed by atoms with van der Waals surface area (Å²) in [5.74, 6) is -3.07. The topological polar surface area (TPSA) is 95.7 Å². The second-order valence-corrected chi connectivity index (χ2v) is 7.70. The Kier molecular flexibility index (Phi) is 8.02. The number of aliphatic carboxylic acids is 1. The Labute approximate surface area is 179 Å². The number of benzene rings is 1. The molecule has 0 atom stereocenters. The zero-order chi connectivity index (χ0) is 22.5. The third-order valence-electron chi connectivity index (χ3n) is 4.80. The van der Waals surface area contributed by atoms with E-state index in [1.54, 1.807) is 12.1 Å². The molecule has 164 valence electrons. The first-order valence-electron chi connectivity index (χ1n) is 9.01. The van der Waals surface area contributed by atoms with Gasteiger partial charge in [0.05, 0.1) is 5.56 Å². The van der Waals surface area contributed by atoms with E-state index in [1.807, 2.05) is 24.0 Å². The average molecular weight is 492 g/mol. The highest BCUT2D eigenvalue weighted by Crippen LogP contribution is 2.29. The third-order valence-corrected chi connectivity index (χ3v) is 5.54. The highest BCUT2D eigenvalue weighted by atomic mass is 79.9. The van der Waals surface area contributed by atoms with E-state index in [2.05, 4.69) is 32.0 Å². The lowest BCUT2D eigenvalue weighted by Crippen LogP contribution is -2.33. The van der Waals surface area contributed by atoms with Crippen LogP contribution in [0.5, 0.6) is 0 Å². The summed E-state index contributed by atoms with van der Waals surface area (Å²) < 4.78 is 34.6. The second kappa shape index (κ2) is 10.1. The molecule has 1 fully saturated rings. The molecule has 2 heterocycles. The number of hydrogen-bond donors (Lipinski definition) is 2. The maximum Gasteiger partial charge on any atom is 0.490 e. The van der Waals surface area contributed by atoms with E-state index in [4.69, 9.17) is 15.0 Å². The van der Waals surface area contributed by atoms with Crippen molar-refractivity contribution in [3.63, 3.8) is 0 Å². The molecule has 1 aromatic carbocycles. The maximum atomic E-state index is 11.0. The fourth-order valence-corrected chi connectivity index (χ4v) is 3.73. The van der Waals surface area contributed by atoms with Gasteiger partial charge in [0.1, 0.15) is 0 Å². The van der Waals surface area contributed by atoms with Gasteiger partial charge in [0, 0.05) is 35.9 Å². The predicted molar refractivity (Wildman–Crippen MR) is 105 cm³/mol. The molecule has 2 aromatic rings. The largest absolute Gasteiger partial charge is 0.490 e. The molecule has 1 aliphatic heterocycles. The molecular formula is C19H21BrF3N3O4. The van der Waals surface area contributed by atoms with Crippen LogP contribution in [0.3, 0.4) is 0 Å². The zero-order valence-corrected chi connectivity index (χ0v) is 17.7. The van der Waals surface area contributed by atoms with Gasteiger partial charge in [-0.2, -0.15) is 18.3 Å². The van der Waals surface area contributed by atoms with Crippen molar-refractivity contribution in [2.45, 2.75) is 31.5 Å². The molecule has 0 amide bonds. The first-order chi connectivity index (χ1) is 14.0. The summed E-state index contributed by atoms with van der Waals surface area (Å²) in [7, 11) is 2.00. The Hall–Kier alpha value is -2.40. The number of aryl methyl sites for hydroxylation is 1. The van der Waals surface area contributed by atoms with Crippen molar-refractivity contribution >= 4 is 27.9 Å². The quantitative estimate of drug-likeness (QED) is 0.673. The van der Waals surface area contributed by atoms with Crippen molar-refractivity contribution in [2.24, 2.45) is 7.05 Å². The number of piperidine rings is 1. The van der Waals surface area contributed by atoms with Crippen LogP contribution >= 0.6 is 15.9 Å². The summed E-state index contributed by atoms with van der Waals surface area (Å²) in [6.45, 7) is 2.94. The fraction of sp³-hybridized carbons (Fsp3) is 0.421. The molecule has 1 aliphatic rings. The van der Waals surface area contributed by atoms with E-state index in [1.165, 1.54) is 5.69 Å². The predicted octanol–water partition coefficient (Wildman–Crippen LogP) is 3.89. The Balaban J connectivity index is 0.000000396. The van der Waals surface area contributed by atoms with Gasteiger partial charge in [-0.1, -0.05) is 22.0 Å². The van der Waals surface area contributed by atoms with Crippen molar-refractivity contribution < 1.29 is 33.0 Å². The molecule has 1 aromatic heterocycles. The molecule has 2 N–H and O–H groups in total. The Morgan fingerprint density at radius 3 is 2.23 bits per heavy atom. The molecular weight excluding hydrogens is 471 g/mol. The van der Waals surface area contributed by atoms with Gasteiger partial charge in [-0.25, -0.2) is 9.59 Å². The van der Waals surface area contributed by atoms with Gasteiger partial charge in [0.15, 0.2) is 0 Å². The third kappa shape index (κ3) is 6.56. The van der Waals surface area contributed by atoms with E-state index in [-0.39, 0.29) is 0 Å². The Bertz CT molecular complexity index is 893. The van der Waals surface area contributed by atoms with Crippen molar-refractivity contribution in [3.8, 4) is 0 Å². The maximum absolute atomic E-state index is 11.0. The molecule has 0 aliphatic carbocycles. The summed E-state index contributed by atoms with van der Waals surface area (Å²) in [5.41, 5.74) is 2.76. The minimum absolute atomic E-state index is 0.315. The van der Waals surface area contributed by atoms with Gasteiger partial charge >= 0.3 is 18.1 Å². The summed E-state index contributed by atoms with van der Waals surface area (Å²) >= 11 is 3.49. The number of carboxylic acids is 2. The number of aromatic carboxylic acids is 1. The number of rotatable bonds is 4. The lowest BCUT2D eigenvalue weighted by atomic mass is 9.93. The number of likely N-dealkylation sites (tertiary alicyclic amines) is 1. The van der Waals surface area contributed by atoms with Crippen LogP contribution < -0.4 is 0 Å². The molecule has 0 radical (unpaired) electrons. The highest BCUT2D eigenvalue weighted by molar-refractivity contribution is 9.10. The van der Waals surface area contributed by atoms with Crippen LogP contribution in [0.25, 0.3) is 0 Å². The Morgan fingerprint density at radius 2 is 1.80 bits per heavy atom. The number of halogens is 4. The number of carboxylic acid groups (broad SMARTS) is 2. The van der Waals surface area contributed by atoms with Crippen molar-refractivity contribution in [1.29, 1.82) is 0 Å². The molecule has 0 unspecified atom stereocenters. The molecule has 0 spiro atoms. The summed E-state index contributed by atoms with van der Waals surface area (Å²) in [4.78, 5) is 22.3. The van der Waals surface area contributed by atoms with Gasteiger partial charge in [0.2, 0.25) is 0 Å². The van der Waals surface area contributed by atoms with Crippen LogP contribution in [-0.2, 0) is 18.4 Å². The normalized spacial score (nSPS) is 15.4. The van der Waals surface area contributed by atoms with E-state index < -0.39 is 18.1 Å². The standard InChI is InChI=1S/C17H20BrN3O2.C2HF3O2/c1-20-16(4-7-19-20)12-5-8-21(9-6-12)11-14-3-2-13(17(22)23)10-15(14)18;3-2(4,5)1(6)7/h2-4,7,10,12H,5-6,8-9,11H2,1H3,(H,22,23);(H,6,7). The van der Waals surface area contributed by atoms with Crippen LogP contribution in [0, 0.1) is 0 Å². The number of aromatic nitrogens is 2. The molecule has 11 heteroatoms. The zero-order valence-electron chi connectivity index (χ0n) is 16.1. The van der Waals surface area contributed by atoms with Crippen LogP contribution in [0.15, 0.2) is 34.9 Å². The molecule has 3 rings (SSSR count). The number of hydrogen-bond acceptors (Lipinski definition) is 4. The first-order valence-corrected chi connectivity index (χ1v) is 9.80. The SMILES string of the molecule is Cn1nccc1C1CCN(Cc2ccc(C(=O)O)cc2Br)CC1.O=C(O)C(F)(F)F. The van der Waals surface area contributed by atoms with E-state index in [0.717, 1.165) is 42.5 Å². The van der Waals surface area contributed by atoms with Crippen LogP contribution in [0.2, 0.25) is 0 Å². The van der Waals surface area contributed by atoms with Crippen LogP contribution in [-0.4, -0.2) is 56.1 Å². The lowest BCUT2D eigenvalue weighted by molar-refractivity contribution is -0.192. The molecule has 1 saturated heterocycles. The molecule has 0 bridgehead atoms. The monoisotopic (exact) mass is 491 g/mol. The van der Waals surface area contributed by atoms with E-state index in [9.17, 15) is 18.0 Å². The van der Waals surface area contributed by atoms with Gasteiger partial charge in [-0.15, -0.1) is 0 Å². The van der Waals surface area contributed by atoms with Gasteiger partial charge in [0.25, 0.3) is 0 Å². The van der Waals surface area contributed by atoms with Crippen LogP contribution in [0.1, 0.15) is 40.4 Å². The summed E-state index contributed by atoms with van der Waals surface area (Å²) in [5, 5.41) is 20.4. The van der Waals surface area contributed by atoms with Crippen molar-refractivity contribution in [1.82, 2.24) is 14.7 Å². The molecule has 30 heavy (non-hydrogen) atoms. The van der Waals surface area contributed by atoms with E-state index >= 15 is 0 Å². The Morgan fingerprint density at radius 1 is 1.20 bits per heavy atom. The summed E-state index contributed by atoms with van der Waals surface area (Å²) in [6.07, 6.45) is -0.961. The number of nitrogens with zero attached hydrogens (tertiary/aromatic N) is 3. The molecule has 7 nitrogen and oxygen atoms in total. The van der Waals surface area contributed by atoms with Crippen molar-refractivity contribution in [3.05, 3.63) is 51.8 Å². The first kappa shape index (κ1) is 23.9. The highest BCUT2D eigenvalue weighted by Gasteiger charge is 2.38. The second-order valence-electron chi connectivity index (χ2n) is 6.84. The lowest BCUT2D eigenvalue weighted by Gasteiger charge is -2.32.